The molecule has 1 atom stereocenters. The average Bonchev–Trinajstić information content (AvgIpc) is 3.03. The summed E-state index contributed by atoms with van der Waals surface area (Å²) in [7, 11) is 0. The van der Waals surface area contributed by atoms with Gasteiger partial charge in [0.05, 0.1) is 5.75 Å². The first-order valence-corrected chi connectivity index (χ1v) is 7.74. The van der Waals surface area contributed by atoms with Crippen LogP contribution in [0.4, 0.5) is 0 Å². The van der Waals surface area contributed by atoms with Gasteiger partial charge >= 0.3 is 0 Å². The molecule has 0 spiro atoms. The summed E-state index contributed by atoms with van der Waals surface area (Å²) in [5, 5.41) is 7.33. The summed E-state index contributed by atoms with van der Waals surface area (Å²) >= 11 is 3.33. The van der Waals surface area contributed by atoms with Crippen LogP contribution in [-0.4, -0.2) is 20.4 Å². The fraction of sp³-hybridized carbons (Fsp3) is 0.545. The van der Waals surface area contributed by atoms with Crippen LogP contribution in [0.25, 0.3) is 11.6 Å². The van der Waals surface area contributed by atoms with Crippen LogP contribution >= 0.6 is 23.1 Å². The van der Waals surface area contributed by atoms with E-state index < -0.39 is 0 Å². The molecule has 98 valence electrons. The van der Waals surface area contributed by atoms with Crippen LogP contribution < -0.4 is 5.73 Å². The highest BCUT2D eigenvalue weighted by Gasteiger charge is 2.12. The molecule has 0 saturated heterocycles. The van der Waals surface area contributed by atoms with Crippen LogP contribution in [0.5, 0.6) is 0 Å². The Hall–Kier alpha value is -0.920. The summed E-state index contributed by atoms with van der Waals surface area (Å²) in [4.78, 5) is 8.65. The molecule has 18 heavy (non-hydrogen) atoms. The molecule has 2 heterocycles. The molecule has 0 amide bonds. The highest BCUT2D eigenvalue weighted by molar-refractivity contribution is 7.99. The summed E-state index contributed by atoms with van der Waals surface area (Å²) in [5.41, 5.74) is 6.24. The summed E-state index contributed by atoms with van der Waals surface area (Å²) in [6.45, 7) is 4.80. The van der Waals surface area contributed by atoms with E-state index in [0.29, 0.717) is 23.4 Å². The number of aromatic nitrogens is 3. The zero-order valence-corrected chi connectivity index (χ0v) is 12.1. The summed E-state index contributed by atoms with van der Waals surface area (Å²) < 4.78 is 5.20. The minimum absolute atomic E-state index is 0.440. The molecule has 0 bridgehead atoms. The van der Waals surface area contributed by atoms with Gasteiger partial charge in [-0.05, 0) is 6.42 Å². The van der Waals surface area contributed by atoms with Gasteiger partial charge in [-0.25, -0.2) is 4.98 Å². The molecular formula is C11H16N4OS2. The number of hydrogen-bond acceptors (Lipinski definition) is 7. The molecule has 2 aromatic rings. The van der Waals surface area contributed by atoms with Crippen LogP contribution in [-0.2, 0) is 12.3 Å². The third-order valence-corrected chi connectivity index (χ3v) is 4.68. The fourth-order valence-corrected chi connectivity index (χ4v) is 2.69. The van der Waals surface area contributed by atoms with E-state index >= 15 is 0 Å². The van der Waals surface area contributed by atoms with E-state index in [1.165, 1.54) is 11.3 Å². The maximum atomic E-state index is 5.52. The van der Waals surface area contributed by atoms with E-state index in [0.717, 1.165) is 23.0 Å². The van der Waals surface area contributed by atoms with E-state index in [-0.39, 0.29) is 0 Å². The zero-order chi connectivity index (χ0) is 13.0. The SMILES string of the molecule is CCC(C)SCc1noc(-c2csc(CN)n2)n1. The Morgan fingerprint density at radius 1 is 1.50 bits per heavy atom. The van der Waals surface area contributed by atoms with Crippen molar-refractivity contribution in [3.05, 3.63) is 16.2 Å². The van der Waals surface area contributed by atoms with Crippen LogP contribution in [0, 0.1) is 0 Å². The Bertz CT molecular complexity index is 497. The summed E-state index contributed by atoms with van der Waals surface area (Å²) in [6.07, 6.45) is 1.14. The molecule has 2 aromatic heterocycles. The van der Waals surface area contributed by atoms with Gasteiger partial charge in [-0.3, -0.25) is 0 Å². The maximum absolute atomic E-state index is 5.52. The van der Waals surface area contributed by atoms with E-state index in [1.807, 2.05) is 17.1 Å². The van der Waals surface area contributed by atoms with Gasteiger partial charge < -0.3 is 10.3 Å². The Kier molecular flexibility index (Phi) is 4.73. The van der Waals surface area contributed by atoms with Gasteiger partial charge in [0.1, 0.15) is 10.7 Å². The number of thiazole rings is 1. The van der Waals surface area contributed by atoms with Gasteiger partial charge in [0.2, 0.25) is 0 Å². The van der Waals surface area contributed by atoms with Crippen molar-refractivity contribution in [3.8, 4) is 11.6 Å². The smallest absolute Gasteiger partial charge is 0.277 e. The van der Waals surface area contributed by atoms with Gasteiger partial charge in [0.25, 0.3) is 5.89 Å². The van der Waals surface area contributed by atoms with Crippen molar-refractivity contribution in [2.75, 3.05) is 0 Å². The van der Waals surface area contributed by atoms with E-state index in [9.17, 15) is 0 Å². The molecule has 2 rings (SSSR count). The van der Waals surface area contributed by atoms with Gasteiger partial charge in [-0.2, -0.15) is 16.7 Å². The molecule has 0 aliphatic heterocycles. The van der Waals surface area contributed by atoms with Gasteiger partial charge in [0, 0.05) is 17.2 Å². The number of rotatable bonds is 6. The van der Waals surface area contributed by atoms with Gasteiger partial charge in [-0.1, -0.05) is 19.0 Å². The molecule has 5 nitrogen and oxygen atoms in total. The van der Waals surface area contributed by atoms with Crippen LogP contribution in [0.2, 0.25) is 0 Å². The second kappa shape index (κ2) is 6.31. The van der Waals surface area contributed by atoms with Crippen molar-refractivity contribution in [1.29, 1.82) is 0 Å². The van der Waals surface area contributed by atoms with E-state index in [2.05, 4.69) is 29.0 Å². The first kappa shape index (κ1) is 13.5. The summed E-state index contributed by atoms with van der Waals surface area (Å²) in [5.74, 6) is 1.97. The quantitative estimate of drug-likeness (QED) is 0.878. The monoisotopic (exact) mass is 284 g/mol. The van der Waals surface area contributed by atoms with Crippen LogP contribution in [0.1, 0.15) is 31.1 Å². The maximum Gasteiger partial charge on any atom is 0.277 e. The highest BCUT2D eigenvalue weighted by Crippen LogP contribution is 2.22. The van der Waals surface area contributed by atoms with Crippen molar-refractivity contribution in [1.82, 2.24) is 15.1 Å². The predicted molar refractivity (Wildman–Crippen MR) is 74.3 cm³/mol. The van der Waals surface area contributed by atoms with Gasteiger partial charge in [-0.15, -0.1) is 11.3 Å². The van der Waals surface area contributed by atoms with E-state index in [1.54, 1.807) is 0 Å². The first-order valence-electron chi connectivity index (χ1n) is 5.82. The second-order valence-corrected chi connectivity index (χ2v) is 6.25. The molecule has 7 heteroatoms. The second-order valence-electron chi connectivity index (χ2n) is 3.88. The largest absolute Gasteiger partial charge is 0.332 e. The Morgan fingerprint density at radius 3 is 3.00 bits per heavy atom. The topological polar surface area (TPSA) is 77.8 Å². The minimum Gasteiger partial charge on any atom is -0.332 e. The lowest BCUT2D eigenvalue weighted by atomic mass is 10.4. The zero-order valence-electron chi connectivity index (χ0n) is 10.4. The van der Waals surface area contributed by atoms with Crippen molar-refractivity contribution < 1.29 is 4.52 Å². The molecule has 0 fully saturated rings. The predicted octanol–water partition coefficient (Wildman–Crippen LogP) is 2.68. The Balaban J connectivity index is 2.01. The first-order chi connectivity index (χ1) is 8.72. The number of hydrogen-bond donors (Lipinski definition) is 1. The molecule has 0 aliphatic carbocycles. The highest BCUT2D eigenvalue weighted by atomic mass is 32.2. The molecule has 0 aliphatic rings. The van der Waals surface area contributed by atoms with Crippen molar-refractivity contribution in [2.24, 2.45) is 5.73 Å². The number of nitrogens with two attached hydrogens (primary N) is 1. The lowest BCUT2D eigenvalue weighted by Crippen LogP contribution is -1.95. The van der Waals surface area contributed by atoms with Crippen molar-refractivity contribution in [3.63, 3.8) is 0 Å². The molecule has 2 N–H and O–H groups in total. The molecule has 1 unspecified atom stereocenters. The normalized spacial score (nSPS) is 12.8. The average molecular weight is 284 g/mol. The molecular weight excluding hydrogens is 268 g/mol. The molecule has 0 saturated carbocycles. The Morgan fingerprint density at radius 2 is 2.33 bits per heavy atom. The van der Waals surface area contributed by atoms with E-state index in [4.69, 9.17) is 10.3 Å². The van der Waals surface area contributed by atoms with Crippen LogP contribution in [0.15, 0.2) is 9.90 Å². The number of nitrogens with zero attached hydrogens (tertiary/aromatic N) is 3. The lowest BCUT2D eigenvalue weighted by Gasteiger charge is -2.04. The number of thioether (sulfide) groups is 1. The van der Waals surface area contributed by atoms with Crippen molar-refractivity contribution >= 4 is 23.1 Å². The third-order valence-electron chi connectivity index (χ3n) is 2.49. The lowest BCUT2D eigenvalue weighted by molar-refractivity contribution is 0.424. The van der Waals surface area contributed by atoms with Gasteiger partial charge in [0.15, 0.2) is 5.82 Å². The molecule has 0 radical (unpaired) electrons. The fourth-order valence-electron chi connectivity index (χ4n) is 1.25. The molecule has 0 aromatic carbocycles. The minimum atomic E-state index is 0.440. The third kappa shape index (κ3) is 3.30. The summed E-state index contributed by atoms with van der Waals surface area (Å²) in [6, 6.07) is 0. The van der Waals surface area contributed by atoms with Crippen molar-refractivity contribution in [2.45, 2.75) is 37.8 Å². The Labute approximate surface area is 114 Å². The van der Waals surface area contributed by atoms with Crippen LogP contribution in [0.3, 0.4) is 0 Å². The standard InChI is InChI=1S/C11H16N4OS2/c1-3-7(2)17-6-9-14-11(16-15-9)8-5-18-10(4-12)13-8/h5,7H,3-4,6,12H2,1-2H3.